The van der Waals surface area contributed by atoms with Gasteiger partial charge in [0.15, 0.2) is 0 Å². The molecule has 0 aliphatic heterocycles. The van der Waals surface area contributed by atoms with Gasteiger partial charge >= 0.3 is 6.18 Å². The Hall–Kier alpha value is -4.15. The van der Waals surface area contributed by atoms with Gasteiger partial charge in [0.2, 0.25) is 5.91 Å². The van der Waals surface area contributed by atoms with E-state index in [0.717, 1.165) is 54.9 Å². The van der Waals surface area contributed by atoms with Gasteiger partial charge in [0, 0.05) is 56.0 Å². The van der Waals surface area contributed by atoms with Crippen LogP contribution in [-0.2, 0) is 30.6 Å². The molecule has 1 amide bonds. The standard InChI is InChI=1S/C33H35F3N6O/c34-33(35,36)25-10-9-14-26(20-25)40-32(43)24-42(23-29-13-5-8-19-39-29)31-16-2-1-15-30(31)41(21-27-11-3-6-17-37-27)22-28-12-4-7-18-38-28/h3-14,17-20,30-31H,1-2,15-16,21-24H2,(H,40,43). The van der Waals surface area contributed by atoms with Gasteiger partial charge in [-0.05, 0) is 67.4 Å². The Morgan fingerprint density at radius 1 is 0.721 bits per heavy atom. The van der Waals surface area contributed by atoms with Gasteiger partial charge < -0.3 is 5.32 Å². The van der Waals surface area contributed by atoms with Crippen LogP contribution in [0.3, 0.4) is 0 Å². The monoisotopic (exact) mass is 588 g/mol. The molecule has 0 spiro atoms. The van der Waals surface area contributed by atoms with E-state index in [4.69, 9.17) is 0 Å². The van der Waals surface area contributed by atoms with Gasteiger partial charge in [0.25, 0.3) is 0 Å². The molecule has 0 radical (unpaired) electrons. The second-order valence-corrected chi connectivity index (χ2v) is 10.8. The predicted octanol–water partition coefficient (Wildman–Crippen LogP) is 6.34. The van der Waals surface area contributed by atoms with Crippen LogP contribution >= 0.6 is 0 Å². The van der Waals surface area contributed by atoms with E-state index in [1.165, 1.54) is 12.1 Å². The number of pyridine rings is 3. The summed E-state index contributed by atoms with van der Waals surface area (Å²) in [6, 6.07) is 22.3. The van der Waals surface area contributed by atoms with Crippen molar-refractivity contribution in [2.24, 2.45) is 0 Å². The number of amides is 1. The molecule has 224 valence electrons. The highest BCUT2D eigenvalue weighted by molar-refractivity contribution is 5.92. The van der Waals surface area contributed by atoms with Crippen molar-refractivity contribution in [2.45, 2.75) is 63.6 Å². The Balaban J connectivity index is 1.42. The van der Waals surface area contributed by atoms with Crippen molar-refractivity contribution in [3.05, 3.63) is 120 Å². The first kappa shape index (κ1) is 30.3. The second kappa shape index (κ2) is 14.3. The van der Waals surface area contributed by atoms with Crippen LogP contribution in [0.25, 0.3) is 0 Å². The summed E-state index contributed by atoms with van der Waals surface area (Å²) in [5, 5.41) is 2.70. The van der Waals surface area contributed by atoms with E-state index in [0.29, 0.717) is 19.6 Å². The number of aromatic nitrogens is 3. The van der Waals surface area contributed by atoms with Gasteiger partial charge in [-0.3, -0.25) is 29.5 Å². The molecule has 43 heavy (non-hydrogen) atoms. The van der Waals surface area contributed by atoms with E-state index in [9.17, 15) is 18.0 Å². The minimum atomic E-state index is -4.49. The minimum Gasteiger partial charge on any atom is -0.325 e. The zero-order valence-corrected chi connectivity index (χ0v) is 23.8. The fraction of sp³-hybridized carbons (Fsp3) is 0.333. The second-order valence-electron chi connectivity index (χ2n) is 10.8. The van der Waals surface area contributed by atoms with Crippen LogP contribution in [0.15, 0.2) is 97.5 Å². The van der Waals surface area contributed by atoms with Crippen LogP contribution in [0.5, 0.6) is 0 Å². The largest absolute Gasteiger partial charge is 0.416 e. The van der Waals surface area contributed by atoms with E-state index in [-0.39, 0.29) is 30.2 Å². The molecular formula is C33H35F3N6O. The topological polar surface area (TPSA) is 74.2 Å². The molecule has 1 N–H and O–H groups in total. The van der Waals surface area contributed by atoms with Crippen molar-refractivity contribution < 1.29 is 18.0 Å². The molecule has 1 aliphatic carbocycles. The zero-order valence-electron chi connectivity index (χ0n) is 23.8. The third-order valence-electron chi connectivity index (χ3n) is 7.73. The first-order valence-electron chi connectivity index (χ1n) is 14.5. The van der Waals surface area contributed by atoms with Gasteiger partial charge in [-0.1, -0.05) is 37.1 Å². The summed E-state index contributed by atoms with van der Waals surface area (Å²) in [7, 11) is 0. The summed E-state index contributed by atoms with van der Waals surface area (Å²) >= 11 is 0. The summed E-state index contributed by atoms with van der Waals surface area (Å²) in [6.07, 6.45) is 4.67. The van der Waals surface area contributed by atoms with Gasteiger partial charge in [0.1, 0.15) is 0 Å². The number of hydrogen-bond donors (Lipinski definition) is 1. The molecule has 3 aromatic heterocycles. The molecule has 3 heterocycles. The zero-order chi connectivity index (χ0) is 30.1. The molecule has 1 aromatic carbocycles. The van der Waals surface area contributed by atoms with E-state index < -0.39 is 11.7 Å². The molecule has 1 fully saturated rings. The molecule has 0 saturated heterocycles. The maximum Gasteiger partial charge on any atom is 0.416 e. The van der Waals surface area contributed by atoms with E-state index >= 15 is 0 Å². The first-order chi connectivity index (χ1) is 20.8. The maximum absolute atomic E-state index is 13.4. The lowest BCUT2D eigenvalue weighted by molar-refractivity contribution is -0.137. The Morgan fingerprint density at radius 3 is 1.72 bits per heavy atom. The Bertz CT molecular complexity index is 1400. The Morgan fingerprint density at radius 2 is 1.23 bits per heavy atom. The fourth-order valence-corrected chi connectivity index (χ4v) is 5.78. The summed E-state index contributed by atoms with van der Waals surface area (Å²) < 4.78 is 39.9. The molecule has 7 nitrogen and oxygen atoms in total. The van der Waals surface area contributed by atoms with Crippen LogP contribution < -0.4 is 5.32 Å². The van der Waals surface area contributed by atoms with Crippen molar-refractivity contribution >= 4 is 11.6 Å². The fourth-order valence-electron chi connectivity index (χ4n) is 5.78. The van der Waals surface area contributed by atoms with Crippen molar-refractivity contribution in [3.8, 4) is 0 Å². The van der Waals surface area contributed by atoms with E-state index in [1.807, 2.05) is 54.6 Å². The third kappa shape index (κ3) is 8.68. The van der Waals surface area contributed by atoms with E-state index in [1.54, 1.807) is 18.6 Å². The summed E-state index contributed by atoms with van der Waals surface area (Å²) in [5.41, 5.74) is 2.02. The first-order valence-corrected chi connectivity index (χ1v) is 14.5. The molecule has 10 heteroatoms. The minimum absolute atomic E-state index is 0.00422. The summed E-state index contributed by atoms with van der Waals surface area (Å²) in [5.74, 6) is -0.374. The van der Waals surface area contributed by atoms with Gasteiger partial charge in [0.05, 0.1) is 29.2 Å². The average Bonchev–Trinajstić information content (AvgIpc) is 3.02. The molecule has 4 aromatic rings. The molecule has 1 aliphatic rings. The van der Waals surface area contributed by atoms with Crippen LogP contribution in [0, 0.1) is 0 Å². The van der Waals surface area contributed by atoms with Crippen molar-refractivity contribution in [1.29, 1.82) is 0 Å². The van der Waals surface area contributed by atoms with E-state index in [2.05, 4.69) is 30.1 Å². The van der Waals surface area contributed by atoms with Crippen LogP contribution in [0.4, 0.5) is 18.9 Å². The lowest BCUT2D eigenvalue weighted by Gasteiger charge is -2.45. The van der Waals surface area contributed by atoms with Crippen molar-refractivity contribution in [3.63, 3.8) is 0 Å². The Kier molecular flexibility index (Phi) is 10.1. The molecule has 2 atom stereocenters. The molecule has 2 unspecified atom stereocenters. The van der Waals surface area contributed by atoms with Crippen molar-refractivity contribution in [1.82, 2.24) is 24.8 Å². The molecule has 1 saturated carbocycles. The molecular weight excluding hydrogens is 553 g/mol. The lowest BCUT2D eigenvalue weighted by Crippen LogP contribution is -2.54. The smallest absolute Gasteiger partial charge is 0.325 e. The Labute approximate surface area is 249 Å². The van der Waals surface area contributed by atoms with Gasteiger partial charge in [-0.25, -0.2) is 0 Å². The highest BCUT2D eigenvalue weighted by Gasteiger charge is 2.36. The molecule has 5 rings (SSSR count). The number of halogens is 3. The number of nitrogens with one attached hydrogen (secondary N) is 1. The highest BCUT2D eigenvalue weighted by Crippen LogP contribution is 2.32. The predicted molar refractivity (Wildman–Crippen MR) is 158 cm³/mol. The van der Waals surface area contributed by atoms with Gasteiger partial charge in [-0.2, -0.15) is 13.2 Å². The van der Waals surface area contributed by atoms with Crippen LogP contribution in [0.2, 0.25) is 0 Å². The third-order valence-corrected chi connectivity index (χ3v) is 7.73. The van der Waals surface area contributed by atoms with Crippen molar-refractivity contribution in [2.75, 3.05) is 11.9 Å². The highest BCUT2D eigenvalue weighted by atomic mass is 19.4. The summed E-state index contributed by atoms with van der Waals surface area (Å²) in [6.45, 7) is 1.67. The number of rotatable bonds is 11. The number of anilines is 1. The normalized spacial score (nSPS) is 17.2. The number of hydrogen-bond acceptors (Lipinski definition) is 6. The average molecular weight is 589 g/mol. The van der Waals surface area contributed by atoms with Crippen LogP contribution in [-0.4, -0.2) is 49.3 Å². The number of benzene rings is 1. The van der Waals surface area contributed by atoms with Crippen LogP contribution in [0.1, 0.15) is 48.3 Å². The maximum atomic E-state index is 13.4. The molecule has 0 bridgehead atoms. The SMILES string of the molecule is O=C(CN(Cc1ccccn1)C1CCCCC1N(Cc1ccccn1)Cc1ccccn1)Nc1cccc(C(F)(F)F)c1. The lowest BCUT2D eigenvalue weighted by atomic mass is 9.87. The quantitative estimate of drug-likeness (QED) is 0.220. The number of carbonyl (C=O) groups is 1. The number of carbonyl (C=O) groups excluding carboxylic acids is 1. The van der Waals surface area contributed by atoms with Gasteiger partial charge in [-0.15, -0.1) is 0 Å². The number of nitrogens with zero attached hydrogens (tertiary/aromatic N) is 5. The number of alkyl halides is 3. The summed E-state index contributed by atoms with van der Waals surface area (Å²) in [4.78, 5) is 31.6.